The number of pyridine rings is 1. The molecule has 7 heteroatoms. The minimum Gasteiger partial charge on any atom is -0.383 e. The lowest BCUT2D eigenvalue weighted by Crippen LogP contribution is -2.06. The van der Waals surface area contributed by atoms with Gasteiger partial charge in [-0.2, -0.15) is 0 Å². The van der Waals surface area contributed by atoms with Gasteiger partial charge < -0.3 is 5.32 Å². The van der Waals surface area contributed by atoms with Gasteiger partial charge in [0.25, 0.3) is 5.69 Å². The fourth-order valence-electron chi connectivity index (χ4n) is 2.07. The molecule has 1 heterocycles. The van der Waals surface area contributed by atoms with Gasteiger partial charge in [0, 0.05) is 36.5 Å². The Kier molecular flexibility index (Phi) is 4.85. The van der Waals surface area contributed by atoms with Gasteiger partial charge in [-0.15, -0.1) is 0 Å². The van der Waals surface area contributed by atoms with E-state index in [-0.39, 0.29) is 5.69 Å². The summed E-state index contributed by atoms with van der Waals surface area (Å²) in [5, 5.41) is 14.8. The van der Waals surface area contributed by atoms with Gasteiger partial charge in [-0.05, 0) is 12.5 Å². The smallest absolute Gasteiger partial charge is 0.270 e. The zero-order chi connectivity index (χ0) is 15.4. The maximum absolute atomic E-state index is 11.9. The van der Waals surface area contributed by atoms with Crippen molar-refractivity contribution in [3.05, 3.63) is 34.5 Å². The van der Waals surface area contributed by atoms with E-state index in [4.69, 9.17) is 0 Å². The Morgan fingerprint density at radius 1 is 1.43 bits per heavy atom. The van der Waals surface area contributed by atoms with E-state index in [0.29, 0.717) is 21.5 Å². The molecule has 0 aliphatic carbocycles. The molecular weight excluding hydrogens is 290 g/mol. The lowest BCUT2D eigenvalue weighted by atomic mass is 10.1. The Bertz CT molecular complexity index is 698. The van der Waals surface area contributed by atoms with Gasteiger partial charge in [0.05, 0.1) is 31.8 Å². The summed E-state index contributed by atoms with van der Waals surface area (Å²) >= 11 is 0. The van der Waals surface area contributed by atoms with Crippen LogP contribution in [0.15, 0.2) is 29.3 Å². The van der Waals surface area contributed by atoms with Crippen LogP contribution < -0.4 is 5.32 Å². The highest BCUT2D eigenvalue weighted by Crippen LogP contribution is 2.30. The molecule has 0 amide bonds. The van der Waals surface area contributed by atoms with Crippen LogP contribution in [0.5, 0.6) is 0 Å². The summed E-state index contributed by atoms with van der Waals surface area (Å²) in [5.41, 5.74) is 1.33. The van der Waals surface area contributed by atoms with Gasteiger partial charge in [0.1, 0.15) is 0 Å². The number of fused-ring (bicyclic) bond motifs is 1. The molecule has 0 aliphatic rings. The SMILES string of the molecule is CCCCNc1c(S(C)=O)cnc2ccc([N+](=O)[O-])cc12. The van der Waals surface area contributed by atoms with E-state index in [1.165, 1.54) is 12.1 Å². The minimum absolute atomic E-state index is 0.00174. The zero-order valence-corrected chi connectivity index (χ0v) is 12.8. The summed E-state index contributed by atoms with van der Waals surface area (Å²) in [6, 6.07) is 4.52. The van der Waals surface area contributed by atoms with Crippen LogP contribution in [0.3, 0.4) is 0 Å². The van der Waals surface area contributed by atoms with Gasteiger partial charge in [-0.1, -0.05) is 13.3 Å². The molecule has 1 aromatic heterocycles. The van der Waals surface area contributed by atoms with Crippen molar-refractivity contribution in [3.63, 3.8) is 0 Å². The lowest BCUT2D eigenvalue weighted by Gasteiger charge is -2.13. The van der Waals surface area contributed by atoms with E-state index in [9.17, 15) is 14.3 Å². The van der Waals surface area contributed by atoms with Gasteiger partial charge in [-0.25, -0.2) is 0 Å². The molecule has 1 N–H and O–H groups in total. The molecular formula is C14H17N3O3S. The largest absolute Gasteiger partial charge is 0.383 e. The quantitative estimate of drug-likeness (QED) is 0.503. The Labute approximate surface area is 125 Å². The average Bonchev–Trinajstić information content (AvgIpc) is 2.46. The molecule has 112 valence electrons. The van der Waals surface area contributed by atoms with Crippen LogP contribution >= 0.6 is 0 Å². The van der Waals surface area contributed by atoms with Gasteiger partial charge in [0.2, 0.25) is 0 Å². The summed E-state index contributed by atoms with van der Waals surface area (Å²) in [7, 11) is -1.21. The van der Waals surface area contributed by atoms with Crippen molar-refractivity contribution in [1.29, 1.82) is 0 Å². The van der Waals surface area contributed by atoms with E-state index in [2.05, 4.69) is 17.2 Å². The van der Waals surface area contributed by atoms with Gasteiger partial charge in [-0.3, -0.25) is 19.3 Å². The first kappa shape index (κ1) is 15.4. The van der Waals surface area contributed by atoms with Crippen molar-refractivity contribution in [2.45, 2.75) is 24.7 Å². The number of hydrogen-bond acceptors (Lipinski definition) is 5. The first-order valence-corrected chi connectivity index (χ1v) is 8.25. The first-order chi connectivity index (χ1) is 10.0. The molecule has 0 spiro atoms. The molecule has 0 radical (unpaired) electrons. The van der Waals surface area contributed by atoms with Crippen LogP contribution in [-0.4, -0.2) is 26.9 Å². The number of aromatic nitrogens is 1. The third kappa shape index (κ3) is 3.36. The van der Waals surface area contributed by atoms with E-state index in [1.54, 1.807) is 18.5 Å². The predicted molar refractivity (Wildman–Crippen MR) is 84.1 cm³/mol. The van der Waals surface area contributed by atoms with Crippen molar-refractivity contribution in [2.24, 2.45) is 0 Å². The Morgan fingerprint density at radius 3 is 2.81 bits per heavy atom. The van der Waals surface area contributed by atoms with Crippen molar-refractivity contribution in [2.75, 3.05) is 18.1 Å². The Balaban J connectivity index is 2.60. The van der Waals surface area contributed by atoms with E-state index < -0.39 is 15.7 Å². The van der Waals surface area contributed by atoms with Crippen molar-refractivity contribution in [1.82, 2.24) is 4.98 Å². The molecule has 1 atom stereocenters. The van der Waals surface area contributed by atoms with E-state index >= 15 is 0 Å². The van der Waals surface area contributed by atoms with Gasteiger partial charge in [0.15, 0.2) is 0 Å². The van der Waals surface area contributed by atoms with Crippen LogP contribution in [0.2, 0.25) is 0 Å². The minimum atomic E-state index is -1.21. The molecule has 2 aromatic rings. The molecule has 21 heavy (non-hydrogen) atoms. The molecule has 1 unspecified atom stereocenters. The average molecular weight is 307 g/mol. The van der Waals surface area contributed by atoms with Crippen molar-refractivity contribution < 1.29 is 9.13 Å². The second kappa shape index (κ2) is 6.62. The number of nitro groups is 1. The standard InChI is InChI=1S/C14H17N3O3S/c1-3-4-7-15-14-11-8-10(17(18)19)5-6-12(11)16-9-13(14)21(2)20/h5-6,8-9H,3-4,7H2,1-2H3,(H,15,16). The van der Waals surface area contributed by atoms with Gasteiger partial charge >= 0.3 is 0 Å². The number of nitro benzene ring substituents is 1. The highest BCUT2D eigenvalue weighted by molar-refractivity contribution is 7.84. The maximum Gasteiger partial charge on any atom is 0.270 e. The summed E-state index contributed by atoms with van der Waals surface area (Å²) in [6.45, 7) is 2.80. The fourth-order valence-corrected chi connectivity index (χ4v) is 2.74. The van der Waals surface area contributed by atoms with Crippen LogP contribution in [0, 0.1) is 10.1 Å². The monoisotopic (exact) mass is 307 g/mol. The zero-order valence-electron chi connectivity index (χ0n) is 12.0. The van der Waals surface area contributed by atoms with Crippen LogP contribution in [-0.2, 0) is 10.8 Å². The number of nitrogens with one attached hydrogen (secondary N) is 1. The van der Waals surface area contributed by atoms with Crippen molar-refractivity contribution in [3.8, 4) is 0 Å². The topological polar surface area (TPSA) is 85.1 Å². The fraction of sp³-hybridized carbons (Fsp3) is 0.357. The number of nitrogens with zero attached hydrogens (tertiary/aromatic N) is 2. The van der Waals surface area contributed by atoms with Crippen LogP contribution in [0.4, 0.5) is 11.4 Å². The van der Waals surface area contributed by atoms with E-state index in [1.807, 2.05) is 0 Å². The lowest BCUT2D eigenvalue weighted by molar-refractivity contribution is -0.384. The number of anilines is 1. The maximum atomic E-state index is 11.9. The molecule has 0 saturated heterocycles. The summed E-state index contributed by atoms with van der Waals surface area (Å²) in [6.07, 6.45) is 5.14. The van der Waals surface area contributed by atoms with E-state index in [0.717, 1.165) is 19.4 Å². The molecule has 0 bridgehead atoms. The highest BCUT2D eigenvalue weighted by atomic mass is 32.2. The second-order valence-electron chi connectivity index (χ2n) is 4.69. The molecule has 0 fully saturated rings. The number of non-ortho nitro benzene ring substituents is 1. The number of benzene rings is 1. The first-order valence-electron chi connectivity index (χ1n) is 6.69. The summed E-state index contributed by atoms with van der Waals surface area (Å²) in [5.74, 6) is 0. The number of hydrogen-bond donors (Lipinski definition) is 1. The second-order valence-corrected chi connectivity index (χ2v) is 6.04. The molecule has 2 rings (SSSR count). The molecule has 0 saturated carbocycles. The number of unbranched alkanes of at least 4 members (excludes halogenated alkanes) is 1. The third-order valence-corrected chi connectivity index (χ3v) is 4.10. The summed E-state index contributed by atoms with van der Waals surface area (Å²) < 4.78 is 11.9. The number of rotatable bonds is 6. The van der Waals surface area contributed by atoms with Crippen LogP contribution in [0.1, 0.15) is 19.8 Å². The third-order valence-electron chi connectivity index (χ3n) is 3.17. The normalized spacial score (nSPS) is 12.3. The van der Waals surface area contributed by atoms with Crippen LogP contribution in [0.25, 0.3) is 10.9 Å². The molecule has 0 aliphatic heterocycles. The Hall–Kier alpha value is -2.02. The Morgan fingerprint density at radius 2 is 2.19 bits per heavy atom. The summed E-state index contributed by atoms with van der Waals surface area (Å²) in [4.78, 5) is 15.3. The van der Waals surface area contributed by atoms with Crippen molar-refractivity contribution >= 4 is 33.1 Å². The predicted octanol–water partition coefficient (Wildman–Crippen LogP) is 3.09. The highest BCUT2D eigenvalue weighted by Gasteiger charge is 2.15. The molecule has 1 aromatic carbocycles. The molecule has 6 nitrogen and oxygen atoms in total.